The van der Waals surface area contributed by atoms with Gasteiger partial charge in [0.25, 0.3) is 0 Å². The second-order valence-electron chi connectivity index (χ2n) is 10.3. The molecule has 2 saturated heterocycles. The summed E-state index contributed by atoms with van der Waals surface area (Å²) in [6.45, 7) is 16.7. The van der Waals surface area contributed by atoms with E-state index in [2.05, 4.69) is 19.2 Å². The van der Waals surface area contributed by atoms with Gasteiger partial charge in [0.2, 0.25) is 11.8 Å². The van der Waals surface area contributed by atoms with Gasteiger partial charge in [-0.15, -0.1) is 12.4 Å². The number of nitrogens with zero attached hydrogens (tertiary/aromatic N) is 2. The predicted molar refractivity (Wildman–Crippen MR) is 130 cm³/mol. The van der Waals surface area contributed by atoms with Gasteiger partial charge in [0, 0.05) is 45.1 Å². The molecule has 2 aliphatic rings. The highest BCUT2D eigenvalue weighted by Gasteiger charge is 2.27. The van der Waals surface area contributed by atoms with E-state index in [1.54, 1.807) is 0 Å². The van der Waals surface area contributed by atoms with Gasteiger partial charge in [-0.1, -0.05) is 27.7 Å². The van der Waals surface area contributed by atoms with E-state index in [1.165, 1.54) is 0 Å². The Morgan fingerprint density at radius 1 is 0.969 bits per heavy atom. The fourth-order valence-corrected chi connectivity index (χ4v) is 3.38. The first-order valence-corrected chi connectivity index (χ1v) is 11.6. The lowest BCUT2D eigenvalue weighted by molar-refractivity contribution is -0.128. The number of hydrogen-bond donors (Lipinski definition) is 2. The molecular weight excluding hydrogens is 432 g/mol. The summed E-state index contributed by atoms with van der Waals surface area (Å²) in [6.07, 6.45) is 2.83. The number of rotatable bonds is 7. The molecule has 0 aliphatic carbocycles. The SMILES string of the molecule is CC(C)[C@@H](CN1CCCC1=O)NC(=O)OC(C)(C)C.CC(C)[C@H](N)CN1CCCC1=O.Cl. The van der Waals surface area contributed by atoms with Crippen molar-refractivity contribution in [3.63, 3.8) is 0 Å². The minimum atomic E-state index is -0.505. The van der Waals surface area contributed by atoms with Crippen LogP contribution in [0.1, 0.15) is 74.1 Å². The summed E-state index contributed by atoms with van der Waals surface area (Å²) in [5, 5.41) is 2.87. The van der Waals surface area contributed by atoms with Crippen LogP contribution in [0.15, 0.2) is 0 Å². The van der Waals surface area contributed by atoms with E-state index in [1.807, 2.05) is 44.4 Å². The Morgan fingerprint density at radius 3 is 1.78 bits per heavy atom. The fourth-order valence-electron chi connectivity index (χ4n) is 3.38. The van der Waals surface area contributed by atoms with Crippen LogP contribution in [0.5, 0.6) is 0 Å². The van der Waals surface area contributed by atoms with Crippen molar-refractivity contribution >= 4 is 30.3 Å². The Hall–Kier alpha value is -1.54. The Balaban J connectivity index is 0.000000639. The molecule has 0 unspecified atom stereocenters. The largest absolute Gasteiger partial charge is 0.444 e. The van der Waals surface area contributed by atoms with Crippen LogP contribution in [-0.4, -0.2) is 71.6 Å². The van der Waals surface area contributed by atoms with Gasteiger partial charge in [0.1, 0.15) is 5.60 Å². The van der Waals surface area contributed by atoms with Gasteiger partial charge in [0.15, 0.2) is 0 Å². The number of nitrogens with one attached hydrogen (secondary N) is 1. The van der Waals surface area contributed by atoms with Crippen LogP contribution >= 0.6 is 12.4 Å². The second-order valence-corrected chi connectivity index (χ2v) is 10.3. The van der Waals surface area contributed by atoms with Crippen molar-refractivity contribution < 1.29 is 19.1 Å². The van der Waals surface area contributed by atoms with E-state index in [9.17, 15) is 14.4 Å². The average molecular weight is 477 g/mol. The number of likely N-dealkylation sites (tertiary alicyclic amines) is 2. The maximum absolute atomic E-state index is 11.8. The van der Waals surface area contributed by atoms with E-state index in [-0.39, 0.29) is 42.2 Å². The molecule has 32 heavy (non-hydrogen) atoms. The van der Waals surface area contributed by atoms with Crippen LogP contribution in [0.3, 0.4) is 0 Å². The van der Waals surface area contributed by atoms with Crippen molar-refractivity contribution in [2.24, 2.45) is 17.6 Å². The number of alkyl carbamates (subject to hydrolysis) is 1. The molecule has 0 aromatic carbocycles. The van der Waals surface area contributed by atoms with E-state index in [4.69, 9.17) is 10.5 Å². The molecule has 9 heteroatoms. The molecule has 0 bridgehead atoms. The number of amides is 3. The zero-order valence-corrected chi connectivity index (χ0v) is 21.8. The lowest BCUT2D eigenvalue weighted by atomic mass is 10.0. The van der Waals surface area contributed by atoms with Crippen LogP contribution in [0.4, 0.5) is 4.79 Å². The topological polar surface area (TPSA) is 105 Å². The Bertz CT molecular complexity index is 607. The maximum Gasteiger partial charge on any atom is 0.407 e. The number of carbonyl (C=O) groups is 3. The van der Waals surface area contributed by atoms with Crippen molar-refractivity contribution in [2.45, 2.75) is 91.8 Å². The standard InChI is InChI=1S/C14H26N2O3.C9H18N2O.ClH/c1-10(2)11(9-16-8-6-7-12(16)17)15-13(18)19-14(3,4)5;1-7(2)8(10)6-11-5-3-4-9(11)12;/h10-11H,6-9H2,1-5H3,(H,15,18);7-8H,3-6,10H2,1-2H3;1H/t11-;8-;/m11./s1. The second kappa shape index (κ2) is 13.9. The van der Waals surface area contributed by atoms with Crippen LogP contribution < -0.4 is 11.1 Å². The molecule has 0 aromatic rings. The molecular formula is C23H45ClN4O4. The van der Waals surface area contributed by atoms with Crippen LogP contribution in [0, 0.1) is 11.8 Å². The number of hydrogen-bond acceptors (Lipinski definition) is 5. The number of halogens is 1. The summed E-state index contributed by atoms with van der Waals surface area (Å²) in [5.41, 5.74) is 5.36. The minimum absolute atomic E-state index is 0. The molecule has 2 fully saturated rings. The fraction of sp³-hybridized carbons (Fsp3) is 0.870. The highest BCUT2D eigenvalue weighted by atomic mass is 35.5. The smallest absolute Gasteiger partial charge is 0.407 e. The molecule has 2 atom stereocenters. The number of carbonyl (C=O) groups excluding carboxylic acids is 3. The maximum atomic E-state index is 11.8. The molecule has 0 radical (unpaired) electrons. The minimum Gasteiger partial charge on any atom is -0.444 e. The highest BCUT2D eigenvalue weighted by molar-refractivity contribution is 5.85. The van der Waals surface area contributed by atoms with Crippen molar-refractivity contribution in [3.8, 4) is 0 Å². The summed E-state index contributed by atoms with van der Waals surface area (Å²) in [7, 11) is 0. The van der Waals surface area contributed by atoms with Crippen molar-refractivity contribution in [3.05, 3.63) is 0 Å². The monoisotopic (exact) mass is 476 g/mol. The summed E-state index contributed by atoms with van der Waals surface area (Å²) in [4.78, 5) is 38.3. The molecule has 2 heterocycles. The number of nitrogens with two attached hydrogens (primary N) is 1. The molecule has 188 valence electrons. The van der Waals surface area contributed by atoms with Gasteiger partial charge in [0.05, 0.1) is 6.04 Å². The van der Waals surface area contributed by atoms with Crippen LogP contribution in [0.25, 0.3) is 0 Å². The van der Waals surface area contributed by atoms with Gasteiger partial charge in [-0.2, -0.15) is 0 Å². The summed E-state index contributed by atoms with van der Waals surface area (Å²) < 4.78 is 5.26. The molecule has 2 aliphatic heterocycles. The van der Waals surface area contributed by atoms with Crippen molar-refractivity contribution in [1.82, 2.24) is 15.1 Å². The molecule has 8 nitrogen and oxygen atoms in total. The summed E-state index contributed by atoms with van der Waals surface area (Å²) in [6, 6.07) is 0.0592. The molecule has 3 amide bonds. The third-order valence-corrected chi connectivity index (χ3v) is 5.55. The lowest BCUT2D eigenvalue weighted by Crippen LogP contribution is -2.48. The van der Waals surface area contributed by atoms with Gasteiger partial charge in [-0.3, -0.25) is 9.59 Å². The lowest BCUT2D eigenvalue weighted by Gasteiger charge is -2.29. The van der Waals surface area contributed by atoms with Crippen LogP contribution in [0.2, 0.25) is 0 Å². The first kappa shape index (κ1) is 30.5. The van der Waals surface area contributed by atoms with Gasteiger partial charge in [-0.25, -0.2) is 4.79 Å². The third kappa shape index (κ3) is 11.4. The van der Waals surface area contributed by atoms with E-state index in [0.29, 0.717) is 25.3 Å². The Labute approximate surface area is 200 Å². The van der Waals surface area contributed by atoms with Crippen molar-refractivity contribution in [2.75, 3.05) is 26.2 Å². The first-order valence-electron chi connectivity index (χ1n) is 11.6. The summed E-state index contributed by atoms with van der Waals surface area (Å²) in [5.74, 6) is 1.15. The van der Waals surface area contributed by atoms with Gasteiger partial charge < -0.3 is 25.6 Å². The number of ether oxygens (including phenoxy) is 1. The van der Waals surface area contributed by atoms with Crippen LogP contribution in [-0.2, 0) is 14.3 Å². The third-order valence-electron chi connectivity index (χ3n) is 5.55. The van der Waals surface area contributed by atoms with Gasteiger partial charge in [-0.05, 0) is 45.4 Å². The normalized spacial score (nSPS) is 18.3. The highest BCUT2D eigenvalue weighted by Crippen LogP contribution is 2.14. The molecule has 0 spiro atoms. The summed E-state index contributed by atoms with van der Waals surface area (Å²) >= 11 is 0. The Morgan fingerprint density at radius 2 is 1.44 bits per heavy atom. The zero-order chi connectivity index (χ0) is 23.8. The van der Waals surface area contributed by atoms with E-state index in [0.717, 1.165) is 32.5 Å². The van der Waals surface area contributed by atoms with E-state index >= 15 is 0 Å². The Kier molecular flexibility index (Phi) is 13.2. The molecule has 3 N–H and O–H groups in total. The van der Waals surface area contributed by atoms with Gasteiger partial charge >= 0.3 is 6.09 Å². The molecule has 2 rings (SSSR count). The van der Waals surface area contributed by atoms with E-state index < -0.39 is 11.7 Å². The zero-order valence-electron chi connectivity index (χ0n) is 21.0. The molecule has 0 aromatic heterocycles. The predicted octanol–water partition coefficient (Wildman–Crippen LogP) is 3.17. The average Bonchev–Trinajstić information content (AvgIpc) is 3.21. The first-order chi connectivity index (χ1) is 14.3. The quantitative estimate of drug-likeness (QED) is 0.587. The molecule has 0 saturated carbocycles. The van der Waals surface area contributed by atoms with Crippen molar-refractivity contribution in [1.29, 1.82) is 0 Å².